The van der Waals surface area contributed by atoms with E-state index in [1.807, 2.05) is 76.3 Å². The average molecular weight is 551 g/mol. The number of carbonyl (C=O) groups excluding carboxylic acids is 1. The van der Waals surface area contributed by atoms with E-state index < -0.39 is 0 Å². The summed E-state index contributed by atoms with van der Waals surface area (Å²) in [6.45, 7) is 9.05. The quantitative estimate of drug-likeness (QED) is 0.212. The molecule has 2 aromatic heterocycles. The minimum atomic E-state index is 0.00945. The number of rotatable bonds is 13. The second kappa shape index (κ2) is 13.6. The van der Waals surface area contributed by atoms with Crippen LogP contribution in [0, 0.1) is 0 Å². The summed E-state index contributed by atoms with van der Waals surface area (Å²) in [5, 5.41) is 8.77. The first kappa shape index (κ1) is 28.0. The number of halogens is 1. The maximum atomic E-state index is 13.6. The van der Waals surface area contributed by atoms with Crippen molar-refractivity contribution >= 4 is 40.7 Å². The van der Waals surface area contributed by atoms with E-state index in [0.29, 0.717) is 23.7 Å². The van der Waals surface area contributed by atoms with Gasteiger partial charge in [0.2, 0.25) is 0 Å². The Balaban J connectivity index is 1.54. The number of thioether (sulfide) groups is 1. The third kappa shape index (κ3) is 7.07. The molecule has 0 radical (unpaired) electrons. The number of nitrogens with zero attached hydrogens (tertiary/aromatic N) is 5. The van der Waals surface area contributed by atoms with Crippen LogP contribution in [-0.4, -0.2) is 75.0 Å². The Morgan fingerprint density at radius 1 is 1.00 bits per heavy atom. The third-order valence-corrected chi connectivity index (χ3v) is 7.42. The Morgan fingerprint density at radius 2 is 1.74 bits per heavy atom. The van der Waals surface area contributed by atoms with Gasteiger partial charge in [0.05, 0.1) is 11.9 Å². The van der Waals surface area contributed by atoms with E-state index in [0.717, 1.165) is 60.2 Å². The SMILES string of the molecule is CCN(CC)CCN(Cc1ccc(Cl)cc1)C(=O)c1ccc(-c2cnc3ccc(NCCSC)nn23)cc1. The molecule has 2 heterocycles. The molecule has 7 nitrogen and oxygen atoms in total. The maximum absolute atomic E-state index is 13.6. The second-order valence-corrected chi connectivity index (χ2v) is 10.4. The molecule has 0 aliphatic rings. The van der Waals surface area contributed by atoms with Gasteiger partial charge in [0.15, 0.2) is 5.65 Å². The Kier molecular flexibility index (Phi) is 10.0. The molecule has 0 spiro atoms. The number of carbonyl (C=O) groups is 1. The van der Waals surface area contributed by atoms with Crippen LogP contribution >= 0.6 is 23.4 Å². The van der Waals surface area contributed by atoms with Crippen molar-refractivity contribution in [3.63, 3.8) is 0 Å². The zero-order chi connectivity index (χ0) is 26.9. The lowest BCUT2D eigenvalue weighted by atomic mass is 10.1. The Bertz CT molecular complexity index is 1320. The van der Waals surface area contributed by atoms with Crippen molar-refractivity contribution in [2.75, 3.05) is 50.0 Å². The predicted molar refractivity (Wildman–Crippen MR) is 159 cm³/mol. The fraction of sp³-hybridized carbons (Fsp3) is 0.345. The maximum Gasteiger partial charge on any atom is 0.254 e. The summed E-state index contributed by atoms with van der Waals surface area (Å²) in [4.78, 5) is 22.4. The first-order valence-electron chi connectivity index (χ1n) is 13.0. The highest BCUT2D eigenvalue weighted by atomic mass is 35.5. The number of hydrogen-bond donors (Lipinski definition) is 1. The molecule has 0 saturated heterocycles. The van der Waals surface area contributed by atoms with Crippen molar-refractivity contribution in [1.29, 1.82) is 0 Å². The van der Waals surface area contributed by atoms with Crippen LogP contribution in [0.5, 0.6) is 0 Å². The summed E-state index contributed by atoms with van der Waals surface area (Å²) in [6, 6.07) is 19.3. The zero-order valence-electron chi connectivity index (χ0n) is 22.2. The largest absolute Gasteiger partial charge is 0.368 e. The predicted octanol–water partition coefficient (Wildman–Crippen LogP) is 5.81. The van der Waals surface area contributed by atoms with Gasteiger partial charge in [0.1, 0.15) is 5.82 Å². The zero-order valence-corrected chi connectivity index (χ0v) is 23.8. The minimum absolute atomic E-state index is 0.00945. The molecular formula is C29H35ClN6OS. The number of benzene rings is 2. The highest BCUT2D eigenvalue weighted by Crippen LogP contribution is 2.22. The molecule has 9 heteroatoms. The molecule has 200 valence electrons. The van der Waals surface area contributed by atoms with E-state index in [4.69, 9.17) is 16.7 Å². The summed E-state index contributed by atoms with van der Waals surface area (Å²) in [5.74, 6) is 1.83. The van der Waals surface area contributed by atoms with Crippen LogP contribution in [0.2, 0.25) is 5.02 Å². The number of fused-ring (bicyclic) bond motifs is 1. The molecule has 0 aliphatic heterocycles. The number of imidazole rings is 1. The van der Waals surface area contributed by atoms with Crippen molar-refractivity contribution in [2.45, 2.75) is 20.4 Å². The second-order valence-electron chi connectivity index (χ2n) is 9.01. The smallest absolute Gasteiger partial charge is 0.254 e. The summed E-state index contributed by atoms with van der Waals surface area (Å²) < 4.78 is 1.84. The van der Waals surface area contributed by atoms with Crippen molar-refractivity contribution < 1.29 is 4.79 Å². The highest BCUT2D eigenvalue weighted by Gasteiger charge is 2.18. The lowest BCUT2D eigenvalue weighted by Gasteiger charge is -2.27. The van der Waals surface area contributed by atoms with Gasteiger partial charge < -0.3 is 15.1 Å². The standard InChI is InChI=1S/C29H35ClN6OS/c1-4-34(5-2)17-18-35(21-22-6-12-25(30)13-7-22)29(37)24-10-8-23(9-11-24)26-20-32-28-15-14-27(33-36(26)28)31-16-19-38-3/h6-15,20H,4-5,16-19,21H2,1-3H3,(H,31,33). The van der Waals surface area contributed by atoms with E-state index in [2.05, 4.69) is 35.3 Å². The molecule has 0 unspecified atom stereocenters. The van der Waals surface area contributed by atoms with E-state index in [1.165, 1.54) is 0 Å². The van der Waals surface area contributed by atoms with Gasteiger partial charge in [-0.15, -0.1) is 5.10 Å². The molecule has 0 atom stereocenters. The Labute approximate surface area is 234 Å². The van der Waals surface area contributed by atoms with Gasteiger partial charge in [-0.05, 0) is 61.3 Å². The molecule has 1 amide bonds. The van der Waals surface area contributed by atoms with Gasteiger partial charge in [-0.3, -0.25) is 4.79 Å². The van der Waals surface area contributed by atoms with Crippen LogP contribution in [0.1, 0.15) is 29.8 Å². The molecule has 2 aromatic carbocycles. The highest BCUT2D eigenvalue weighted by molar-refractivity contribution is 7.98. The molecule has 38 heavy (non-hydrogen) atoms. The molecular weight excluding hydrogens is 516 g/mol. The summed E-state index contributed by atoms with van der Waals surface area (Å²) in [7, 11) is 0. The van der Waals surface area contributed by atoms with Gasteiger partial charge >= 0.3 is 0 Å². The van der Waals surface area contributed by atoms with E-state index in [9.17, 15) is 4.79 Å². The van der Waals surface area contributed by atoms with Crippen molar-refractivity contribution in [3.8, 4) is 11.3 Å². The topological polar surface area (TPSA) is 65.8 Å². The molecule has 4 rings (SSSR count). The molecule has 0 aliphatic carbocycles. The van der Waals surface area contributed by atoms with Crippen LogP contribution in [0.25, 0.3) is 16.9 Å². The number of aromatic nitrogens is 3. The van der Waals surface area contributed by atoms with Gasteiger partial charge in [-0.25, -0.2) is 9.50 Å². The number of nitrogens with one attached hydrogen (secondary N) is 1. The van der Waals surface area contributed by atoms with Crippen LogP contribution in [0.3, 0.4) is 0 Å². The van der Waals surface area contributed by atoms with Crippen LogP contribution in [-0.2, 0) is 6.54 Å². The van der Waals surface area contributed by atoms with Gasteiger partial charge in [0.25, 0.3) is 5.91 Å². The van der Waals surface area contributed by atoms with Crippen molar-refractivity contribution in [2.24, 2.45) is 0 Å². The van der Waals surface area contributed by atoms with Crippen molar-refractivity contribution in [3.05, 3.63) is 83.0 Å². The number of hydrogen-bond acceptors (Lipinski definition) is 6. The molecule has 1 N–H and O–H groups in total. The summed E-state index contributed by atoms with van der Waals surface area (Å²) >= 11 is 7.87. The van der Waals surface area contributed by atoms with Crippen LogP contribution in [0.15, 0.2) is 66.9 Å². The lowest BCUT2D eigenvalue weighted by Crippen LogP contribution is -2.38. The van der Waals surface area contributed by atoms with E-state index >= 15 is 0 Å². The first-order valence-corrected chi connectivity index (χ1v) is 14.7. The monoisotopic (exact) mass is 550 g/mol. The first-order chi connectivity index (χ1) is 18.5. The molecule has 0 fully saturated rings. The summed E-state index contributed by atoms with van der Waals surface area (Å²) in [6.07, 6.45) is 3.91. The van der Waals surface area contributed by atoms with Crippen molar-refractivity contribution in [1.82, 2.24) is 24.4 Å². The van der Waals surface area contributed by atoms with Crippen LogP contribution < -0.4 is 5.32 Å². The minimum Gasteiger partial charge on any atom is -0.368 e. The number of likely N-dealkylation sites (N-methyl/N-ethyl adjacent to an activating group) is 1. The molecule has 0 bridgehead atoms. The Hall–Kier alpha value is -3.07. The van der Waals surface area contributed by atoms with E-state index in [1.54, 1.807) is 11.8 Å². The Morgan fingerprint density at radius 3 is 2.42 bits per heavy atom. The fourth-order valence-electron chi connectivity index (χ4n) is 4.28. The van der Waals surface area contributed by atoms with Gasteiger partial charge in [-0.1, -0.05) is 49.7 Å². The number of amides is 1. The fourth-order valence-corrected chi connectivity index (χ4v) is 4.71. The number of anilines is 1. The lowest BCUT2D eigenvalue weighted by molar-refractivity contribution is 0.0724. The van der Waals surface area contributed by atoms with Crippen LogP contribution in [0.4, 0.5) is 5.82 Å². The van der Waals surface area contributed by atoms with E-state index in [-0.39, 0.29) is 5.91 Å². The summed E-state index contributed by atoms with van der Waals surface area (Å²) in [5.41, 5.74) is 4.32. The normalized spacial score (nSPS) is 11.3. The van der Waals surface area contributed by atoms with Gasteiger partial charge in [-0.2, -0.15) is 11.8 Å². The third-order valence-electron chi connectivity index (χ3n) is 6.56. The molecule has 0 saturated carbocycles. The average Bonchev–Trinajstić information content (AvgIpc) is 3.37. The molecule has 4 aromatic rings. The van der Waals surface area contributed by atoms with Gasteiger partial charge in [0, 0.05) is 48.1 Å².